The molecule has 0 spiro atoms. The van der Waals surface area contributed by atoms with Crippen LogP contribution in [0.4, 0.5) is 10.8 Å². The third-order valence-corrected chi connectivity index (χ3v) is 4.65. The zero-order valence-corrected chi connectivity index (χ0v) is 13.2. The number of hydrogen-bond donors (Lipinski definition) is 2. The fraction of sp³-hybridized carbons (Fsp3) is 0.182. The highest BCUT2D eigenvalue weighted by Crippen LogP contribution is 2.28. The number of nitrogens with two attached hydrogens (primary N) is 1. The number of halogens is 1. The van der Waals surface area contributed by atoms with E-state index in [4.69, 9.17) is 5.73 Å². The molecule has 0 fully saturated rings. The van der Waals surface area contributed by atoms with Gasteiger partial charge in [0.2, 0.25) is 11.0 Å². The van der Waals surface area contributed by atoms with Gasteiger partial charge < -0.3 is 11.1 Å². The Hall–Kier alpha value is -1.12. The molecule has 19 heavy (non-hydrogen) atoms. The van der Waals surface area contributed by atoms with Gasteiger partial charge in [0.1, 0.15) is 0 Å². The second-order valence-corrected chi connectivity index (χ2v) is 7.18. The highest BCUT2D eigenvalue weighted by atomic mass is 79.9. The van der Waals surface area contributed by atoms with Crippen molar-refractivity contribution in [1.29, 1.82) is 0 Å². The quantitative estimate of drug-likeness (QED) is 0.821. The number of carbonyl (C=O) groups is 1. The van der Waals surface area contributed by atoms with Crippen LogP contribution in [-0.2, 0) is 4.79 Å². The first-order valence-corrected chi connectivity index (χ1v) is 7.85. The first-order chi connectivity index (χ1) is 9.04. The molecule has 0 saturated heterocycles. The van der Waals surface area contributed by atoms with E-state index in [1.165, 1.54) is 23.1 Å². The Morgan fingerprint density at radius 2 is 2.11 bits per heavy atom. The summed E-state index contributed by atoms with van der Waals surface area (Å²) in [5, 5.41) is 10.6. The molecule has 1 aromatic carbocycles. The van der Waals surface area contributed by atoms with Crippen molar-refractivity contribution in [3.63, 3.8) is 0 Å². The van der Waals surface area contributed by atoms with E-state index in [0.29, 0.717) is 9.47 Å². The smallest absolute Gasteiger partial charge is 0.237 e. The van der Waals surface area contributed by atoms with Crippen LogP contribution in [0.2, 0.25) is 0 Å². The topological polar surface area (TPSA) is 80.9 Å². The Bertz CT molecular complexity index is 572. The molecule has 0 aliphatic carbocycles. The fourth-order valence-corrected chi connectivity index (χ4v) is 3.29. The maximum atomic E-state index is 12.0. The minimum atomic E-state index is -0.268. The van der Waals surface area contributed by atoms with Gasteiger partial charge in [0, 0.05) is 10.2 Å². The monoisotopic (exact) mass is 358 g/mol. The molecule has 1 amide bonds. The number of carbonyl (C=O) groups excluding carboxylic acids is 1. The number of hydrogen-bond acceptors (Lipinski definition) is 6. The number of benzene rings is 1. The van der Waals surface area contributed by atoms with E-state index < -0.39 is 0 Å². The standard InChI is InChI=1S/C11H11BrN4OS2/c1-6(18-11-16-15-10(13)19-11)9(17)14-8-4-2-7(12)3-5-8/h2-6H,1H3,(H2,13,15)(H,14,17)/t6-/m0/s1. The third kappa shape index (κ3) is 4.19. The summed E-state index contributed by atoms with van der Waals surface area (Å²) in [7, 11) is 0. The van der Waals surface area contributed by atoms with Crippen LogP contribution in [0.15, 0.2) is 33.1 Å². The van der Waals surface area contributed by atoms with E-state index in [2.05, 4.69) is 31.4 Å². The molecule has 3 N–H and O–H groups in total. The van der Waals surface area contributed by atoms with E-state index in [1.54, 1.807) is 0 Å². The van der Waals surface area contributed by atoms with Crippen LogP contribution >= 0.6 is 39.0 Å². The van der Waals surface area contributed by atoms with Crippen molar-refractivity contribution >= 4 is 55.8 Å². The number of nitrogen functional groups attached to an aromatic ring is 1. The summed E-state index contributed by atoms with van der Waals surface area (Å²) >= 11 is 5.96. The van der Waals surface area contributed by atoms with Gasteiger partial charge in [-0.15, -0.1) is 10.2 Å². The van der Waals surface area contributed by atoms with Gasteiger partial charge in [-0.3, -0.25) is 4.79 Å². The molecule has 0 saturated carbocycles. The summed E-state index contributed by atoms with van der Waals surface area (Å²) in [5.41, 5.74) is 6.26. The van der Waals surface area contributed by atoms with Crippen LogP contribution in [-0.4, -0.2) is 21.4 Å². The summed E-state index contributed by atoms with van der Waals surface area (Å²) in [5.74, 6) is -0.0823. The van der Waals surface area contributed by atoms with Crippen LogP contribution in [0.3, 0.4) is 0 Å². The van der Waals surface area contributed by atoms with Gasteiger partial charge in [-0.1, -0.05) is 39.0 Å². The van der Waals surface area contributed by atoms with Gasteiger partial charge >= 0.3 is 0 Å². The normalized spacial score (nSPS) is 12.1. The second-order valence-electron chi connectivity index (χ2n) is 3.66. The van der Waals surface area contributed by atoms with Crippen molar-refractivity contribution in [2.24, 2.45) is 0 Å². The Balaban J connectivity index is 1.94. The van der Waals surface area contributed by atoms with Crippen molar-refractivity contribution in [1.82, 2.24) is 10.2 Å². The minimum absolute atomic E-state index is 0.0823. The predicted octanol–water partition coefficient (Wildman–Crippen LogP) is 3.00. The lowest BCUT2D eigenvalue weighted by molar-refractivity contribution is -0.115. The number of amides is 1. The maximum absolute atomic E-state index is 12.0. The predicted molar refractivity (Wildman–Crippen MR) is 82.4 cm³/mol. The molecule has 1 heterocycles. The lowest BCUT2D eigenvalue weighted by Crippen LogP contribution is -2.22. The van der Waals surface area contributed by atoms with Crippen molar-refractivity contribution in [2.45, 2.75) is 16.5 Å². The molecule has 0 unspecified atom stereocenters. The molecule has 1 aromatic heterocycles. The molecule has 8 heteroatoms. The molecule has 100 valence electrons. The molecule has 2 aromatic rings. The lowest BCUT2D eigenvalue weighted by Gasteiger charge is -2.10. The summed E-state index contributed by atoms with van der Waals surface area (Å²) in [6.45, 7) is 1.82. The largest absolute Gasteiger partial charge is 0.374 e. The van der Waals surface area contributed by atoms with Gasteiger partial charge in [-0.25, -0.2) is 0 Å². The van der Waals surface area contributed by atoms with Gasteiger partial charge in [0.25, 0.3) is 0 Å². The number of anilines is 2. The Morgan fingerprint density at radius 1 is 1.42 bits per heavy atom. The summed E-state index contributed by atoms with van der Waals surface area (Å²) < 4.78 is 1.66. The number of nitrogens with one attached hydrogen (secondary N) is 1. The Labute approximate surface area is 127 Å². The zero-order chi connectivity index (χ0) is 13.8. The van der Waals surface area contributed by atoms with Gasteiger partial charge in [-0.05, 0) is 31.2 Å². The molecule has 0 aliphatic heterocycles. The lowest BCUT2D eigenvalue weighted by atomic mass is 10.3. The summed E-state index contributed by atoms with van der Waals surface area (Å²) in [6.07, 6.45) is 0. The maximum Gasteiger partial charge on any atom is 0.237 e. The van der Waals surface area contributed by atoms with Crippen molar-refractivity contribution in [3.8, 4) is 0 Å². The SMILES string of the molecule is C[C@H](Sc1nnc(N)s1)C(=O)Nc1ccc(Br)cc1. The molecule has 2 rings (SSSR count). The van der Waals surface area contributed by atoms with Crippen LogP contribution in [0.5, 0.6) is 0 Å². The van der Waals surface area contributed by atoms with E-state index in [0.717, 1.165) is 10.2 Å². The van der Waals surface area contributed by atoms with Crippen molar-refractivity contribution < 1.29 is 4.79 Å². The molecule has 5 nitrogen and oxygen atoms in total. The number of aromatic nitrogens is 2. The van der Waals surface area contributed by atoms with Crippen molar-refractivity contribution in [3.05, 3.63) is 28.7 Å². The highest BCUT2D eigenvalue weighted by Gasteiger charge is 2.16. The molecular weight excluding hydrogens is 348 g/mol. The van der Waals surface area contributed by atoms with E-state index in [-0.39, 0.29) is 11.2 Å². The third-order valence-electron chi connectivity index (χ3n) is 2.18. The Morgan fingerprint density at radius 3 is 2.68 bits per heavy atom. The summed E-state index contributed by atoms with van der Waals surface area (Å²) in [4.78, 5) is 12.0. The first-order valence-electron chi connectivity index (χ1n) is 5.36. The number of thioether (sulfide) groups is 1. The zero-order valence-electron chi connectivity index (χ0n) is 9.96. The van der Waals surface area contributed by atoms with Crippen LogP contribution in [0.1, 0.15) is 6.92 Å². The molecular formula is C11H11BrN4OS2. The number of nitrogens with zero attached hydrogens (tertiary/aromatic N) is 2. The fourth-order valence-electron chi connectivity index (χ4n) is 1.25. The van der Waals surface area contributed by atoms with Crippen LogP contribution < -0.4 is 11.1 Å². The number of rotatable bonds is 4. The van der Waals surface area contributed by atoms with Gasteiger partial charge in [0.05, 0.1) is 5.25 Å². The van der Waals surface area contributed by atoms with Gasteiger partial charge in [-0.2, -0.15) is 0 Å². The molecule has 0 aliphatic rings. The van der Waals surface area contributed by atoms with Crippen molar-refractivity contribution in [2.75, 3.05) is 11.1 Å². The van der Waals surface area contributed by atoms with Crippen LogP contribution in [0, 0.1) is 0 Å². The first kappa shape index (κ1) is 14.3. The molecule has 0 radical (unpaired) electrons. The van der Waals surface area contributed by atoms with E-state index in [9.17, 15) is 4.79 Å². The molecule has 1 atom stereocenters. The Kier molecular flexibility index (Phi) is 4.78. The molecule has 0 bridgehead atoms. The van der Waals surface area contributed by atoms with Crippen LogP contribution in [0.25, 0.3) is 0 Å². The van der Waals surface area contributed by atoms with E-state index >= 15 is 0 Å². The highest BCUT2D eigenvalue weighted by molar-refractivity contribution is 9.10. The van der Waals surface area contributed by atoms with E-state index in [1.807, 2.05) is 31.2 Å². The second kappa shape index (κ2) is 6.36. The van der Waals surface area contributed by atoms with Gasteiger partial charge in [0.15, 0.2) is 4.34 Å². The summed E-state index contributed by atoms with van der Waals surface area (Å²) in [6, 6.07) is 7.42. The minimum Gasteiger partial charge on any atom is -0.374 e. The average molecular weight is 359 g/mol. The average Bonchev–Trinajstić information content (AvgIpc) is 2.77.